The molecule has 1 heterocycles. The van der Waals surface area contributed by atoms with E-state index in [1.165, 1.54) is 18.2 Å². The second kappa shape index (κ2) is 2.88. The van der Waals surface area contributed by atoms with Crippen LogP contribution >= 0.6 is 0 Å². The number of halogens is 2. The molecule has 1 aromatic carbocycles. The van der Waals surface area contributed by atoms with Crippen LogP contribution in [0.1, 0.15) is 18.4 Å². The topological polar surface area (TPSA) is 55.8 Å². The third-order valence-electron chi connectivity index (χ3n) is 3.10. The van der Waals surface area contributed by atoms with Crippen molar-refractivity contribution in [3.05, 3.63) is 23.8 Å². The van der Waals surface area contributed by atoms with Crippen LogP contribution in [0.15, 0.2) is 18.2 Å². The highest BCUT2D eigenvalue weighted by molar-refractivity contribution is 5.86. The van der Waals surface area contributed by atoms with E-state index in [2.05, 4.69) is 9.47 Å². The number of rotatable bonds is 2. The van der Waals surface area contributed by atoms with E-state index in [9.17, 15) is 13.6 Å². The molecule has 1 aliphatic carbocycles. The highest BCUT2D eigenvalue weighted by Gasteiger charge is 2.56. The van der Waals surface area contributed by atoms with Gasteiger partial charge >= 0.3 is 12.3 Å². The Bertz CT molecular complexity index is 508. The van der Waals surface area contributed by atoms with Gasteiger partial charge in [0.1, 0.15) is 0 Å². The SMILES string of the molecule is O=C(O)C1(c2cccc3c2OC(F)(F)O3)CC1. The number of carbonyl (C=O) groups is 1. The first-order valence-electron chi connectivity index (χ1n) is 5.07. The molecule has 3 rings (SSSR count). The third-order valence-corrected chi connectivity index (χ3v) is 3.10. The maximum atomic E-state index is 12.9. The van der Waals surface area contributed by atoms with Gasteiger partial charge in [0.15, 0.2) is 11.5 Å². The smallest absolute Gasteiger partial charge is 0.481 e. The van der Waals surface area contributed by atoms with Crippen LogP contribution in [-0.2, 0) is 10.2 Å². The van der Waals surface area contributed by atoms with Gasteiger partial charge in [-0.15, -0.1) is 8.78 Å². The molecular formula is C11H8F2O4. The van der Waals surface area contributed by atoms with Gasteiger partial charge in [-0.25, -0.2) is 0 Å². The van der Waals surface area contributed by atoms with E-state index in [0.29, 0.717) is 12.8 Å². The summed E-state index contributed by atoms with van der Waals surface area (Å²) in [5, 5.41) is 9.13. The maximum absolute atomic E-state index is 12.9. The van der Waals surface area contributed by atoms with Crippen molar-refractivity contribution >= 4 is 5.97 Å². The normalized spacial score (nSPS) is 22.2. The lowest BCUT2D eigenvalue weighted by Gasteiger charge is -2.12. The lowest BCUT2D eigenvalue weighted by Crippen LogP contribution is -2.27. The zero-order valence-corrected chi connectivity index (χ0v) is 8.57. The Morgan fingerprint density at radius 3 is 2.59 bits per heavy atom. The minimum atomic E-state index is -3.72. The number of aliphatic carboxylic acids is 1. The number of alkyl halides is 2. The Labute approximate surface area is 94.8 Å². The van der Waals surface area contributed by atoms with Crippen LogP contribution in [-0.4, -0.2) is 17.4 Å². The van der Waals surface area contributed by atoms with Crippen molar-refractivity contribution in [1.82, 2.24) is 0 Å². The summed E-state index contributed by atoms with van der Waals surface area (Å²) < 4.78 is 34.5. The number of hydrogen-bond acceptors (Lipinski definition) is 3. The fraction of sp³-hybridized carbons (Fsp3) is 0.364. The predicted octanol–water partition coefficient (Wildman–Crippen LogP) is 2.12. The summed E-state index contributed by atoms with van der Waals surface area (Å²) in [6, 6.07) is 4.31. The van der Waals surface area contributed by atoms with E-state index in [4.69, 9.17) is 5.11 Å². The van der Waals surface area contributed by atoms with Crippen LogP contribution < -0.4 is 9.47 Å². The summed E-state index contributed by atoms with van der Waals surface area (Å²) in [6.45, 7) is 0. The quantitative estimate of drug-likeness (QED) is 0.863. The maximum Gasteiger partial charge on any atom is 0.586 e. The second-order valence-electron chi connectivity index (χ2n) is 4.19. The summed E-state index contributed by atoms with van der Waals surface area (Å²) in [4.78, 5) is 11.2. The molecule has 17 heavy (non-hydrogen) atoms. The minimum Gasteiger partial charge on any atom is -0.481 e. The number of carboxylic acids is 1. The van der Waals surface area contributed by atoms with Crippen LogP contribution in [0.2, 0.25) is 0 Å². The molecule has 1 N–H and O–H groups in total. The first kappa shape index (κ1) is 10.3. The molecule has 0 aromatic heterocycles. The molecule has 0 spiro atoms. The molecule has 2 aliphatic rings. The van der Waals surface area contributed by atoms with Crippen LogP contribution in [0.25, 0.3) is 0 Å². The first-order chi connectivity index (χ1) is 7.95. The van der Waals surface area contributed by atoms with E-state index >= 15 is 0 Å². The molecule has 1 saturated carbocycles. The second-order valence-corrected chi connectivity index (χ2v) is 4.19. The van der Waals surface area contributed by atoms with E-state index in [1.807, 2.05) is 0 Å². The fourth-order valence-corrected chi connectivity index (χ4v) is 2.07. The molecule has 0 unspecified atom stereocenters. The van der Waals surface area contributed by atoms with Crippen molar-refractivity contribution in [3.8, 4) is 11.5 Å². The largest absolute Gasteiger partial charge is 0.586 e. The van der Waals surface area contributed by atoms with Crippen molar-refractivity contribution in [2.45, 2.75) is 24.6 Å². The fourth-order valence-electron chi connectivity index (χ4n) is 2.07. The Hall–Kier alpha value is -1.85. The van der Waals surface area contributed by atoms with Crippen molar-refractivity contribution in [3.63, 3.8) is 0 Å². The molecule has 1 aliphatic heterocycles. The number of fused-ring (bicyclic) bond motifs is 1. The molecule has 0 atom stereocenters. The molecular weight excluding hydrogens is 234 g/mol. The Morgan fingerprint density at radius 2 is 2.00 bits per heavy atom. The third kappa shape index (κ3) is 1.36. The van der Waals surface area contributed by atoms with Crippen molar-refractivity contribution < 1.29 is 28.2 Å². The predicted molar refractivity (Wildman–Crippen MR) is 51.2 cm³/mol. The molecule has 90 valence electrons. The van der Waals surface area contributed by atoms with Crippen molar-refractivity contribution in [2.24, 2.45) is 0 Å². The Balaban J connectivity index is 2.10. The van der Waals surface area contributed by atoms with Crippen LogP contribution in [0.5, 0.6) is 11.5 Å². The Morgan fingerprint density at radius 1 is 1.29 bits per heavy atom. The van der Waals surface area contributed by atoms with Gasteiger partial charge in [-0.05, 0) is 18.9 Å². The van der Waals surface area contributed by atoms with Crippen LogP contribution in [0.4, 0.5) is 8.78 Å². The number of para-hydroxylation sites is 1. The number of benzene rings is 1. The average molecular weight is 242 g/mol. The summed E-state index contributed by atoms with van der Waals surface area (Å²) in [6.07, 6.45) is -2.87. The summed E-state index contributed by atoms with van der Waals surface area (Å²) >= 11 is 0. The van der Waals surface area contributed by atoms with Gasteiger partial charge < -0.3 is 14.6 Å². The minimum absolute atomic E-state index is 0.111. The molecule has 0 radical (unpaired) electrons. The highest BCUT2D eigenvalue weighted by Crippen LogP contribution is 2.56. The molecule has 4 nitrogen and oxygen atoms in total. The highest BCUT2D eigenvalue weighted by atomic mass is 19.3. The van der Waals surface area contributed by atoms with E-state index in [1.54, 1.807) is 0 Å². The Kier molecular flexibility index (Phi) is 1.75. The standard InChI is InChI=1S/C11H8F2O4/c12-11(13)16-7-3-1-2-6(8(7)17-11)10(4-5-10)9(14)15/h1-3H,4-5H2,(H,14,15). The van der Waals surface area contributed by atoms with Crippen molar-refractivity contribution in [1.29, 1.82) is 0 Å². The average Bonchev–Trinajstić information content (AvgIpc) is 2.95. The molecule has 0 amide bonds. The van der Waals surface area contributed by atoms with Gasteiger partial charge in [0.05, 0.1) is 5.41 Å². The number of carboxylic acid groups (broad SMARTS) is 1. The molecule has 1 aromatic rings. The van der Waals surface area contributed by atoms with Crippen molar-refractivity contribution in [2.75, 3.05) is 0 Å². The molecule has 6 heteroatoms. The monoisotopic (exact) mass is 242 g/mol. The molecule has 1 fully saturated rings. The lowest BCUT2D eigenvalue weighted by atomic mass is 9.95. The van der Waals surface area contributed by atoms with E-state index in [0.717, 1.165) is 0 Å². The van der Waals surface area contributed by atoms with Gasteiger partial charge in [-0.3, -0.25) is 4.79 Å². The summed E-state index contributed by atoms with van der Waals surface area (Å²) in [5.74, 6) is -1.29. The molecule has 0 bridgehead atoms. The zero-order chi connectivity index (χ0) is 12.3. The van der Waals surface area contributed by atoms with Crippen LogP contribution in [0.3, 0.4) is 0 Å². The van der Waals surface area contributed by atoms with E-state index in [-0.39, 0.29) is 17.1 Å². The first-order valence-corrected chi connectivity index (χ1v) is 5.07. The van der Waals surface area contributed by atoms with Gasteiger partial charge in [0, 0.05) is 5.56 Å². The molecule has 0 saturated heterocycles. The lowest BCUT2D eigenvalue weighted by molar-refractivity contribution is -0.287. The van der Waals surface area contributed by atoms with E-state index < -0.39 is 17.7 Å². The van der Waals surface area contributed by atoms with Gasteiger partial charge in [0.25, 0.3) is 0 Å². The zero-order valence-electron chi connectivity index (χ0n) is 8.57. The number of ether oxygens (including phenoxy) is 2. The van der Waals surface area contributed by atoms with Gasteiger partial charge in [0.2, 0.25) is 0 Å². The summed E-state index contributed by atoms with van der Waals surface area (Å²) in [7, 11) is 0. The number of hydrogen-bond donors (Lipinski definition) is 1. The summed E-state index contributed by atoms with van der Waals surface area (Å²) in [5.41, 5.74) is -0.825. The van der Waals surface area contributed by atoms with Crippen LogP contribution in [0, 0.1) is 0 Å². The van der Waals surface area contributed by atoms with Gasteiger partial charge in [-0.1, -0.05) is 12.1 Å². The van der Waals surface area contributed by atoms with Gasteiger partial charge in [-0.2, -0.15) is 0 Å².